The minimum absolute atomic E-state index is 0.0138. The number of nitro groups is 1. The summed E-state index contributed by atoms with van der Waals surface area (Å²) >= 11 is 0. The molecule has 0 aromatic heterocycles. The van der Waals surface area contributed by atoms with Gasteiger partial charge in [-0.05, 0) is 32.4 Å². The van der Waals surface area contributed by atoms with Crippen LogP contribution in [0.1, 0.15) is 18.9 Å². The van der Waals surface area contributed by atoms with E-state index >= 15 is 0 Å². The molecule has 0 saturated heterocycles. The fraction of sp³-hybridized carbons (Fsp3) is 0.357. The topological polar surface area (TPSA) is 78.7 Å². The van der Waals surface area contributed by atoms with E-state index in [1.807, 2.05) is 0 Å². The Kier molecular flexibility index (Phi) is 5.86. The number of nitrogens with zero attached hydrogens (tertiary/aromatic N) is 1. The quantitative estimate of drug-likeness (QED) is 0.191. The van der Waals surface area contributed by atoms with Gasteiger partial charge in [0.05, 0.1) is 11.5 Å². The van der Waals surface area contributed by atoms with Gasteiger partial charge in [-0.15, -0.1) is 6.58 Å². The predicted octanol–water partition coefficient (Wildman–Crippen LogP) is 2.79. The van der Waals surface area contributed by atoms with Crippen LogP contribution in [0.5, 0.6) is 5.75 Å². The minimum Gasteiger partial charge on any atom is -0.425 e. The normalized spacial score (nSPS) is 11.7. The monoisotopic (exact) mass is 279 g/mol. The summed E-state index contributed by atoms with van der Waals surface area (Å²) in [4.78, 5) is 21.9. The second kappa shape index (κ2) is 7.40. The molecule has 0 aliphatic heterocycles. The van der Waals surface area contributed by atoms with Gasteiger partial charge in [0.1, 0.15) is 5.75 Å². The van der Waals surface area contributed by atoms with E-state index in [4.69, 9.17) is 9.47 Å². The summed E-state index contributed by atoms with van der Waals surface area (Å²) in [5.74, 6) is -0.278. The van der Waals surface area contributed by atoms with Gasteiger partial charge in [-0.3, -0.25) is 10.1 Å². The molecule has 1 atom stereocenters. The Morgan fingerprint density at radius 2 is 2.25 bits per heavy atom. The van der Waals surface area contributed by atoms with Crippen LogP contribution >= 0.6 is 0 Å². The summed E-state index contributed by atoms with van der Waals surface area (Å²) in [5, 5.41) is 10.7. The molecular formula is C14H17NO5. The van der Waals surface area contributed by atoms with Gasteiger partial charge in [-0.1, -0.05) is 6.08 Å². The molecule has 1 rings (SSSR count). The molecule has 0 saturated carbocycles. The fourth-order valence-corrected chi connectivity index (χ4v) is 1.49. The highest BCUT2D eigenvalue weighted by Crippen LogP contribution is 2.23. The largest absolute Gasteiger partial charge is 0.425 e. The predicted molar refractivity (Wildman–Crippen MR) is 73.7 cm³/mol. The lowest BCUT2D eigenvalue weighted by molar-refractivity contribution is -0.385. The molecule has 108 valence electrons. The van der Waals surface area contributed by atoms with Crippen molar-refractivity contribution in [1.82, 2.24) is 0 Å². The van der Waals surface area contributed by atoms with Crippen molar-refractivity contribution in [2.45, 2.75) is 26.4 Å². The summed E-state index contributed by atoms with van der Waals surface area (Å²) < 4.78 is 10.4. The van der Waals surface area contributed by atoms with Gasteiger partial charge in [-0.2, -0.15) is 0 Å². The number of ether oxygens (including phenoxy) is 2. The Balaban J connectivity index is 2.64. The molecule has 0 N–H and O–H groups in total. The second-order valence-corrected chi connectivity index (χ2v) is 4.22. The number of aryl methyl sites for hydroxylation is 1. The Morgan fingerprint density at radius 1 is 1.55 bits per heavy atom. The molecular weight excluding hydrogens is 262 g/mol. The average molecular weight is 279 g/mol. The lowest BCUT2D eigenvalue weighted by atomic mass is 10.2. The molecule has 0 bridgehead atoms. The van der Waals surface area contributed by atoms with Crippen LogP contribution in [-0.2, 0) is 9.53 Å². The van der Waals surface area contributed by atoms with Crippen LogP contribution in [0.2, 0.25) is 0 Å². The van der Waals surface area contributed by atoms with Crippen LogP contribution in [0.4, 0.5) is 5.69 Å². The zero-order valence-corrected chi connectivity index (χ0v) is 11.5. The third-order valence-corrected chi connectivity index (χ3v) is 2.61. The van der Waals surface area contributed by atoms with E-state index in [9.17, 15) is 14.9 Å². The molecule has 1 aromatic carbocycles. The van der Waals surface area contributed by atoms with Gasteiger partial charge in [0, 0.05) is 11.6 Å². The molecule has 0 fully saturated rings. The smallest absolute Gasteiger partial charge is 0.340 e. The van der Waals surface area contributed by atoms with Crippen molar-refractivity contribution < 1.29 is 19.2 Å². The molecule has 0 amide bonds. The minimum atomic E-state index is -0.703. The Labute approximate surface area is 117 Å². The Bertz CT molecular complexity index is 512. The third kappa shape index (κ3) is 4.47. The first kappa shape index (κ1) is 15.8. The standard InChI is InChI=1S/C14H17NO5/c1-4-5-8-19-11(3)14(16)20-12-6-7-13(15(17)18)10(2)9-12/h4,6-7,9,11H,1,5,8H2,2-3H3. The highest BCUT2D eigenvalue weighted by molar-refractivity contribution is 5.77. The number of carbonyl (C=O) groups is 1. The zero-order valence-electron chi connectivity index (χ0n) is 11.5. The SMILES string of the molecule is C=CCCOC(C)C(=O)Oc1ccc([N+](=O)[O-])c(C)c1. The van der Waals surface area contributed by atoms with Crippen LogP contribution in [0.25, 0.3) is 0 Å². The van der Waals surface area contributed by atoms with Crippen LogP contribution in [-0.4, -0.2) is 23.6 Å². The van der Waals surface area contributed by atoms with Gasteiger partial charge >= 0.3 is 5.97 Å². The maximum absolute atomic E-state index is 11.7. The Hall–Kier alpha value is -2.21. The van der Waals surface area contributed by atoms with E-state index in [2.05, 4.69) is 6.58 Å². The van der Waals surface area contributed by atoms with Gasteiger partial charge in [-0.25, -0.2) is 4.79 Å². The van der Waals surface area contributed by atoms with Crippen LogP contribution in [0, 0.1) is 17.0 Å². The number of rotatable bonds is 7. The first-order chi connectivity index (χ1) is 9.45. The summed E-state index contributed by atoms with van der Waals surface area (Å²) in [6.07, 6.45) is 1.64. The van der Waals surface area contributed by atoms with Crippen molar-refractivity contribution in [2.75, 3.05) is 6.61 Å². The molecule has 6 heteroatoms. The zero-order chi connectivity index (χ0) is 15.1. The van der Waals surface area contributed by atoms with Gasteiger partial charge in [0.2, 0.25) is 0 Å². The molecule has 6 nitrogen and oxygen atoms in total. The van der Waals surface area contributed by atoms with E-state index in [0.29, 0.717) is 18.6 Å². The lowest BCUT2D eigenvalue weighted by Gasteiger charge is -2.12. The number of esters is 1. The van der Waals surface area contributed by atoms with Crippen molar-refractivity contribution in [1.29, 1.82) is 0 Å². The fourth-order valence-electron chi connectivity index (χ4n) is 1.49. The van der Waals surface area contributed by atoms with Crippen molar-refractivity contribution in [3.8, 4) is 5.75 Å². The second-order valence-electron chi connectivity index (χ2n) is 4.22. The van der Waals surface area contributed by atoms with E-state index in [-0.39, 0.29) is 11.4 Å². The van der Waals surface area contributed by atoms with Gasteiger partial charge < -0.3 is 9.47 Å². The molecule has 1 unspecified atom stereocenters. The molecule has 0 radical (unpaired) electrons. The van der Waals surface area contributed by atoms with Crippen LogP contribution < -0.4 is 4.74 Å². The summed E-state index contributed by atoms with van der Waals surface area (Å²) in [6.45, 7) is 7.11. The van der Waals surface area contributed by atoms with E-state index in [0.717, 1.165) is 0 Å². The van der Waals surface area contributed by atoms with Gasteiger partial charge in [0.15, 0.2) is 6.10 Å². The number of hydrogen-bond donors (Lipinski definition) is 0. The van der Waals surface area contributed by atoms with Crippen LogP contribution in [0.3, 0.4) is 0 Å². The van der Waals surface area contributed by atoms with E-state index < -0.39 is 17.0 Å². The van der Waals surface area contributed by atoms with Gasteiger partial charge in [0.25, 0.3) is 5.69 Å². The first-order valence-corrected chi connectivity index (χ1v) is 6.15. The molecule has 0 spiro atoms. The lowest BCUT2D eigenvalue weighted by Crippen LogP contribution is -2.26. The Morgan fingerprint density at radius 3 is 2.80 bits per heavy atom. The molecule has 0 aliphatic carbocycles. The van der Waals surface area contributed by atoms with Crippen molar-refractivity contribution >= 4 is 11.7 Å². The first-order valence-electron chi connectivity index (χ1n) is 6.15. The van der Waals surface area contributed by atoms with Crippen molar-refractivity contribution in [2.24, 2.45) is 0 Å². The maximum Gasteiger partial charge on any atom is 0.340 e. The average Bonchev–Trinajstić information content (AvgIpc) is 2.38. The number of hydrogen-bond acceptors (Lipinski definition) is 5. The van der Waals surface area contributed by atoms with Crippen molar-refractivity contribution in [3.63, 3.8) is 0 Å². The molecule has 20 heavy (non-hydrogen) atoms. The summed E-state index contributed by atoms with van der Waals surface area (Å²) in [7, 11) is 0. The summed E-state index contributed by atoms with van der Waals surface area (Å²) in [6, 6.07) is 4.15. The maximum atomic E-state index is 11.7. The highest BCUT2D eigenvalue weighted by atomic mass is 16.6. The highest BCUT2D eigenvalue weighted by Gasteiger charge is 2.17. The van der Waals surface area contributed by atoms with Crippen molar-refractivity contribution in [3.05, 3.63) is 46.5 Å². The molecule has 1 aromatic rings. The third-order valence-electron chi connectivity index (χ3n) is 2.61. The number of nitro benzene ring substituents is 1. The molecule has 0 heterocycles. The summed E-state index contributed by atoms with van der Waals surface area (Å²) in [5.41, 5.74) is 0.417. The van der Waals surface area contributed by atoms with E-state index in [1.165, 1.54) is 18.2 Å². The number of carbonyl (C=O) groups excluding carboxylic acids is 1. The molecule has 0 aliphatic rings. The van der Waals surface area contributed by atoms with E-state index in [1.54, 1.807) is 19.9 Å². The van der Waals surface area contributed by atoms with Crippen LogP contribution in [0.15, 0.2) is 30.9 Å². The number of benzene rings is 1.